The number of esters is 1. The fraction of sp³-hybridized carbons (Fsp3) is 0.296. The van der Waals surface area contributed by atoms with Crippen LogP contribution in [0.1, 0.15) is 63.5 Å². The number of amides is 1. The molecule has 0 saturated heterocycles. The van der Waals surface area contributed by atoms with Gasteiger partial charge in [0.1, 0.15) is 20.3 Å². The minimum absolute atomic E-state index is 0.285. The second-order valence-electron chi connectivity index (χ2n) is 9.13. The van der Waals surface area contributed by atoms with Crippen LogP contribution in [0.4, 0.5) is 10.7 Å². The Bertz CT molecular complexity index is 1430. The van der Waals surface area contributed by atoms with Crippen LogP contribution < -0.4 is 11.1 Å². The number of nitrogens with zero attached hydrogens (tertiary/aromatic N) is 1. The van der Waals surface area contributed by atoms with Gasteiger partial charge in [0.25, 0.3) is 5.91 Å². The molecule has 0 unspecified atom stereocenters. The molecule has 0 saturated carbocycles. The number of hydrogen-bond donors (Lipinski definition) is 2. The number of anilines is 2. The van der Waals surface area contributed by atoms with Gasteiger partial charge in [-0.1, -0.05) is 29.8 Å². The molecule has 6 nitrogen and oxygen atoms in total. The number of carbonyl (C=O) groups excluding carboxylic acids is 2. The van der Waals surface area contributed by atoms with E-state index in [0.717, 1.165) is 58.3 Å². The summed E-state index contributed by atoms with van der Waals surface area (Å²) in [7, 11) is 0. The number of carbonyl (C=O) groups is 2. The number of nitrogens with one attached hydrogen (secondary N) is 1. The van der Waals surface area contributed by atoms with Crippen LogP contribution in [0.25, 0.3) is 21.3 Å². The van der Waals surface area contributed by atoms with E-state index in [-0.39, 0.29) is 12.0 Å². The first-order chi connectivity index (χ1) is 16.8. The monoisotopic (exact) mass is 505 g/mol. The fourth-order valence-electron chi connectivity index (χ4n) is 4.36. The third-order valence-corrected chi connectivity index (χ3v) is 8.14. The summed E-state index contributed by atoms with van der Waals surface area (Å²) < 4.78 is 5.52. The molecule has 3 heterocycles. The summed E-state index contributed by atoms with van der Waals surface area (Å²) in [6, 6.07) is 10.0. The van der Waals surface area contributed by atoms with Crippen molar-refractivity contribution < 1.29 is 14.3 Å². The van der Waals surface area contributed by atoms with Gasteiger partial charge in [-0.25, -0.2) is 9.78 Å². The Morgan fingerprint density at radius 3 is 2.63 bits per heavy atom. The van der Waals surface area contributed by atoms with Crippen molar-refractivity contribution in [1.29, 1.82) is 0 Å². The number of aromatic nitrogens is 1. The molecule has 5 rings (SSSR count). The average molecular weight is 506 g/mol. The number of rotatable bonds is 5. The molecule has 1 amide bonds. The van der Waals surface area contributed by atoms with E-state index in [1.807, 2.05) is 36.6 Å². The van der Waals surface area contributed by atoms with Crippen LogP contribution in [0, 0.1) is 6.92 Å². The number of ether oxygens (including phenoxy) is 1. The molecule has 0 spiro atoms. The number of thiophene rings is 2. The maximum Gasteiger partial charge on any atom is 0.342 e. The molecule has 0 fully saturated rings. The lowest BCUT2D eigenvalue weighted by Crippen LogP contribution is -2.16. The summed E-state index contributed by atoms with van der Waals surface area (Å²) in [5.74, 6) is -0.815. The summed E-state index contributed by atoms with van der Waals surface area (Å²) >= 11 is 2.60. The molecule has 3 N–H and O–H groups in total. The Morgan fingerprint density at radius 2 is 1.89 bits per heavy atom. The zero-order valence-corrected chi connectivity index (χ0v) is 21.6. The summed E-state index contributed by atoms with van der Waals surface area (Å²) in [4.78, 5) is 32.4. The number of fused-ring (bicyclic) bond motifs is 2. The van der Waals surface area contributed by atoms with Crippen molar-refractivity contribution in [2.24, 2.45) is 0 Å². The minimum atomic E-state index is -0.467. The van der Waals surface area contributed by atoms with Gasteiger partial charge >= 0.3 is 5.97 Å². The van der Waals surface area contributed by atoms with Crippen LogP contribution in [-0.2, 0) is 17.6 Å². The summed E-state index contributed by atoms with van der Waals surface area (Å²) in [5.41, 5.74) is 12.3. The highest BCUT2D eigenvalue weighted by molar-refractivity contribution is 7.21. The van der Waals surface area contributed by atoms with Crippen LogP contribution >= 0.6 is 22.7 Å². The number of pyridine rings is 1. The first-order valence-electron chi connectivity index (χ1n) is 11.7. The zero-order valence-electron chi connectivity index (χ0n) is 19.9. The van der Waals surface area contributed by atoms with Crippen molar-refractivity contribution in [1.82, 2.24) is 4.98 Å². The smallest absolute Gasteiger partial charge is 0.342 e. The van der Waals surface area contributed by atoms with E-state index in [9.17, 15) is 9.59 Å². The van der Waals surface area contributed by atoms with Gasteiger partial charge < -0.3 is 15.8 Å². The molecular formula is C27H27N3O3S2. The average Bonchev–Trinajstić information content (AvgIpc) is 3.38. The normalized spacial score (nSPS) is 13.1. The topological polar surface area (TPSA) is 94.3 Å². The van der Waals surface area contributed by atoms with E-state index in [1.54, 1.807) is 13.8 Å². The molecule has 1 aliphatic rings. The largest absolute Gasteiger partial charge is 0.459 e. The predicted octanol–water partition coefficient (Wildman–Crippen LogP) is 6.61. The lowest BCUT2D eigenvalue weighted by atomic mass is 9.95. The van der Waals surface area contributed by atoms with E-state index in [1.165, 1.54) is 28.2 Å². The molecule has 8 heteroatoms. The van der Waals surface area contributed by atoms with Crippen molar-refractivity contribution in [3.8, 4) is 11.1 Å². The van der Waals surface area contributed by atoms with E-state index in [0.29, 0.717) is 21.1 Å². The lowest BCUT2D eigenvalue weighted by molar-refractivity contribution is 0.0380. The first kappa shape index (κ1) is 23.5. The first-order valence-corrected chi connectivity index (χ1v) is 13.4. The maximum atomic E-state index is 13.4. The van der Waals surface area contributed by atoms with Crippen molar-refractivity contribution in [2.75, 3.05) is 11.1 Å². The van der Waals surface area contributed by atoms with E-state index in [2.05, 4.69) is 11.4 Å². The second kappa shape index (κ2) is 9.43. The zero-order chi connectivity index (χ0) is 24.7. The standard InChI is InChI=1S/C27H27N3O3S2/c1-14(2)33-27(32)21-19(16-10-8-15(3)9-11-16)13-34-26(21)30-24(31)23-22(28)18-12-17-6-4-5-7-20(17)29-25(18)35-23/h8-14H,4-7,28H2,1-3H3,(H,30,31). The van der Waals surface area contributed by atoms with Gasteiger partial charge in [0, 0.05) is 22.0 Å². The highest BCUT2D eigenvalue weighted by Gasteiger charge is 2.26. The number of benzene rings is 1. The van der Waals surface area contributed by atoms with E-state index in [4.69, 9.17) is 15.5 Å². The molecule has 0 aliphatic heterocycles. The Morgan fingerprint density at radius 1 is 1.14 bits per heavy atom. The molecule has 180 valence electrons. The van der Waals surface area contributed by atoms with Crippen molar-refractivity contribution in [2.45, 2.75) is 52.6 Å². The second-order valence-corrected chi connectivity index (χ2v) is 11.0. The fourth-order valence-corrected chi connectivity index (χ4v) is 6.30. The Balaban J connectivity index is 1.51. The highest BCUT2D eigenvalue weighted by atomic mass is 32.1. The number of nitrogen functional groups attached to an aromatic ring is 1. The maximum absolute atomic E-state index is 13.4. The lowest BCUT2D eigenvalue weighted by Gasteiger charge is -2.14. The SMILES string of the molecule is Cc1ccc(-c2csc(NC(=O)c3sc4nc5c(cc4c3N)CCCC5)c2C(=O)OC(C)C)cc1. The molecule has 35 heavy (non-hydrogen) atoms. The van der Waals surface area contributed by atoms with E-state index >= 15 is 0 Å². The molecule has 0 atom stereocenters. The van der Waals surface area contributed by atoms with Crippen LogP contribution in [0.3, 0.4) is 0 Å². The summed E-state index contributed by atoms with van der Waals surface area (Å²) in [6.07, 6.45) is 3.95. The molecular weight excluding hydrogens is 478 g/mol. The number of aryl methyl sites for hydroxylation is 3. The summed E-state index contributed by atoms with van der Waals surface area (Å²) in [6.45, 7) is 5.62. The minimum Gasteiger partial charge on any atom is -0.459 e. The van der Waals surface area contributed by atoms with Crippen molar-refractivity contribution >= 4 is 55.5 Å². The van der Waals surface area contributed by atoms with Gasteiger partial charge in [-0.2, -0.15) is 0 Å². The highest BCUT2D eigenvalue weighted by Crippen LogP contribution is 2.39. The Labute approximate surface area is 212 Å². The van der Waals surface area contributed by atoms with E-state index < -0.39 is 5.97 Å². The predicted molar refractivity (Wildman–Crippen MR) is 144 cm³/mol. The summed E-state index contributed by atoms with van der Waals surface area (Å²) in [5, 5.41) is 6.08. The van der Waals surface area contributed by atoms with Crippen molar-refractivity contribution in [3.05, 3.63) is 63.0 Å². The quantitative estimate of drug-likeness (QED) is 0.298. The van der Waals surface area contributed by atoms with Gasteiger partial charge in [-0.3, -0.25) is 4.79 Å². The van der Waals surface area contributed by atoms with Gasteiger partial charge in [0.05, 0.1) is 11.8 Å². The van der Waals surface area contributed by atoms with Crippen LogP contribution in [0.2, 0.25) is 0 Å². The van der Waals surface area contributed by atoms with Gasteiger partial charge in [-0.15, -0.1) is 22.7 Å². The van der Waals surface area contributed by atoms with Gasteiger partial charge in [0.2, 0.25) is 0 Å². The molecule has 0 bridgehead atoms. The van der Waals surface area contributed by atoms with Gasteiger partial charge in [0.15, 0.2) is 0 Å². The number of hydrogen-bond acceptors (Lipinski definition) is 7. The molecule has 1 aromatic carbocycles. The molecule has 4 aromatic rings. The van der Waals surface area contributed by atoms with Crippen LogP contribution in [-0.4, -0.2) is 23.0 Å². The third kappa shape index (κ3) is 4.56. The molecule has 0 radical (unpaired) electrons. The molecule has 1 aliphatic carbocycles. The van der Waals surface area contributed by atoms with Crippen molar-refractivity contribution in [3.63, 3.8) is 0 Å². The molecule has 3 aromatic heterocycles. The third-order valence-electron chi connectivity index (χ3n) is 6.13. The van der Waals surface area contributed by atoms with Crippen LogP contribution in [0.15, 0.2) is 35.7 Å². The van der Waals surface area contributed by atoms with Crippen LogP contribution in [0.5, 0.6) is 0 Å². The Hall–Kier alpha value is -3.23. The number of nitrogens with two attached hydrogens (primary N) is 1. The van der Waals surface area contributed by atoms with Gasteiger partial charge in [-0.05, 0) is 63.6 Å². The Kier molecular flexibility index (Phi) is 6.34.